The van der Waals surface area contributed by atoms with Crippen molar-refractivity contribution in [1.82, 2.24) is 14.8 Å². The van der Waals surface area contributed by atoms with E-state index in [-0.39, 0.29) is 0 Å². The van der Waals surface area contributed by atoms with Gasteiger partial charge in [0.1, 0.15) is 11.6 Å². The highest BCUT2D eigenvalue weighted by Gasteiger charge is 2.24. The zero-order valence-corrected chi connectivity index (χ0v) is 10.7. The maximum atomic E-state index is 4.42. The minimum atomic E-state index is 0.605. The van der Waals surface area contributed by atoms with Crippen molar-refractivity contribution in [3.63, 3.8) is 0 Å². The molecule has 0 aromatic carbocycles. The molecule has 0 N–H and O–H groups in total. The van der Waals surface area contributed by atoms with Gasteiger partial charge in [-0.2, -0.15) is 11.8 Å². The van der Waals surface area contributed by atoms with Crippen molar-refractivity contribution in [2.45, 2.75) is 45.1 Å². The van der Waals surface area contributed by atoms with Crippen molar-refractivity contribution in [2.24, 2.45) is 5.92 Å². The molecule has 2 unspecified atom stereocenters. The molecule has 2 aliphatic rings. The molecule has 0 bridgehead atoms. The van der Waals surface area contributed by atoms with E-state index in [0.717, 1.165) is 18.9 Å². The second-order valence-electron chi connectivity index (χ2n) is 5.10. The molecule has 3 nitrogen and oxygen atoms in total. The highest BCUT2D eigenvalue weighted by molar-refractivity contribution is 7.99. The van der Waals surface area contributed by atoms with Gasteiger partial charge in [-0.25, -0.2) is 0 Å². The first-order valence-electron chi connectivity index (χ1n) is 6.34. The molecule has 1 aromatic heterocycles. The van der Waals surface area contributed by atoms with Gasteiger partial charge in [0.25, 0.3) is 0 Å². The van der Waals surface area contributed by atoms with Crippen LogP contribution < -0.4 is 0 Å². The van der Waals surface area contributed by atoms with Crippen LogP contribution in [-0.2, 0) is 13.0 Å². The summed E-state index contributed by atoms with van der Waals surface area (Å²) in [4.78, 5) is 0. The van der Waals surface area contributed by atoms with Crippen LogP contribution in [0.4, 0.5) is 0 Å². The zero-order valence-electron chi connectivity index (χ0n) is 9.85. The largest absolute Gasteiger partial charge is 0.315 e. The van der Waals surface area contributed by atoms with Crippen LogP contribution in [0.3, 0.4) is 0 Å². The van der Waals surface area contributed by atoms with E-state index in [1.807, 2.05) is 0 Å². The maximum absolute atomic E-state index is 4.42. The number of thioether (sulfide) groups is 1. The van der Waals surface area contributed by atoms with E-state index >= 15 is 0 Å². The predicted octanol–water partition coefficient (Wildman–Crippen LogP) is 2.47. The van der Waals surface area contributed by atoms with E-state index < -0.39 is 0 Å². The van der Waals surface area contributed by atoms with Gasteiger partial charge in [0, 0.05) is 18.9 Å². The first kappa shape index (κ1) is 10.6. The van der Waals surface area contributed by atoms with Crippen molar-refractivity contribution in [3.8, 4) is 0 Å². The van der Waals surface area contributed by atoms with Crippen molar-refractivity contribution >= 4 is 11.8 Å². The molecule has 3 heterocycles. The van der Waals surface area contributed by atoms with E-state index in [4.69, 9.17) is 0 Å². The summed E-state index contributed by atoms with van der Waals surface area (Å²) in [6, 6.07) is 0. The fraction of sp³-hybridized carbons (Fsp3) is 0.833. The van der Waals surface area contributed by atoms with Crippen LogP contribution in [-0.4, -0.2) is 26.3 Å². The SMILES string of the molecule is CC1CCCn2c(CC3CCSC3)nnc21. The molecule has 0 radical (unpaired) electrons. The monoisotopic (exact) mass is 237 g/mol. The Labute approximate surface area is 101 Å². The first-order chi connectivity index (χ1) is 7.84. The molecule has 88 valence electrons. The van der Waals surface area contributed by atoms with Crippen LogP contribution in [0.2, 0.25) is 0 Å². The lowest BCUT2D eigenvalue weighted by Crippen LogP contribution is -2.17. The summed E-state index contributed by atoms with van der Waals surface area (Å²) in [5.41, 5.74) is 0. The topological polar surface area (TPSA) is 30.7 Å². The van der Waals surface area contributed by atoms with Gasteiger partial charge in [-0.3, -0.25) is 0 Å². The lowest BCUT2D eigenvalue weighted by Gasteiger charge is -2.20. The summed E-state index contributed by atoms with van der Waals surface area (Å²) in [6.45, 7) is 3.41. The molecule has 1 saturated heterocycles. The fourth-order valence-electron chi connectivity index (χ4n) is 2.80. The highest BCUT2D eigenvalue weighted by atomic mass is 32.2. The van der Waals surface area contributed by atoms with Gasteiger partial charge in [-0.1, -0.05) is 6.92 Å². The van der Waals surface area contributed by atoms with E-state index in [2.05, 4.69) is 33.5 Å². The lowest BCUT2D eigenvalue weighted by molar-refractivity contribution is 0.444. The lowest BCUT2D eigenvalue weighted by atomic mass is 10.0. The molecule has 1 fully saturated rings. The number of nitrogens with zero attached hydrogens (tertiary/aromatic N) is 3. The maximum Gasteiger partial charge on any atom is 0.135 e. The van der Waals surface area contributed by atoms with E-state index in [1.54, 1.807) is 0 Å². The molecule has 4 heteroatoms. The van der Waals surface area contributed by atoms with Gasteiger partial charge in [-0.15, -0.1) is 10.2 Å². The molecule has 0 amide bonds. The Kier molecular flexibility index (Phi) is 2.92. The van der Waals surface area contributed by atoms with Crippen LogP contribution in [0, 0.1) is 5.92 Å². The van der Waals surface area contributed by atoms with E-state index in [1.165, 1.54) is 42.4 Å². The summed E-state index contributed by atoms with van der Waals surface area (Å²) >= 11 is 2.08. The average Bonchev–Trinajstić information content (AvgIpc) is 2.90. The highest BCUT2D eigenvalue weighted by Crippen LogP contribution is 2.29. The summed E-state index contributed by atoms with van der Waals surface area (Å²) in [6.07, 6.45) is 5.07. The second-order valence-corrected chi connectivity index (χ2v) is 6.25. The van der Waals surface area contributed by atoms with Crippen molar-refractivity contribution < 1.29 is 0 Å². The van der Waals surface area contributed by atoms with E-state index in [9.17, 15) is 0 Å². The average molecular weight is 237 g/mol. The molecule has 0 aliphatic carbocycles. The van der Waals surface area contributed by atoms with Crippen LogP contribution >= 0.6 is 11.8 Å². The first-order valence-corrected chi connectivity index (χ1v) is 7.50. The van der Waals surface area contributed by atoms with Crippen molar-refractivity contribution in [1.29, 1.82) is 0 Å². The number of rotatable bonds is 2. The molecule has 0 saturated carbocycles. The Morgan fingerprint density at radius 2 is 2.31 bits per heavy atom. The van der Waals surface area contributed by atoms with Gasteiger partial charge < -0.3 is 4.57 Å². The van der Waals surface area contributed by atoms with Crippen molar-refractivity contribution in [2.75, 3.05) is 11.5 Å². The van der Waals surface area contributed by atoms with Crippen LogP contribution in [0.25, 0.3) is 0 Å². The Morgan fingerprint density at radius 3 is 3.12 bits per heavy atom. The quantitative estimate of drug-likeness (QED) is 0.791. The van der Waals surface area contributed by atoms with Gasteiger partial charge in [0.15, 0.2) is 0 Å². The van der Waals surface area contributed by atoms with Gasteiger partial charge in [-0.05, 0) is 36.7 Å². The standard InChI is InChI=1S/C12H19N3S/c1-9-3-2-5-15-11(13-14-12(9)15)7-10-4-6-16-8-10/h9-10H,2-8H2,1H3. The minimum absolute atomic E-state index is 0.605. The number of hydrogen-bond donors (Lipinski definition) is 0. The smallest absolute Gasteiger partial charge is 0.135 e. The Morgan fingerprint density at radius 1 is 1.38 bits per heavy atom. The number of hydrogen-bond acceptors (Lipinski definition) is 3. The summed E-state index contributed by atoms with van der Waals surface area (Å²) in [5, 5.41) is 8.80. The predicted molar refractivity (Wildman–Crippen MR) is 66.8 cm³/mol. The third-order valence-electron chi connectivity index (χ3n) is 3.81. The number of aromatic nitrogens is 3. The summed E-state index contributed by atoms with van der Waals surface area (Å²) in [7, 11) is 0. The molecule has 16 heavy (non-hydrogen) atoms. The molecule has 2 aliphatic heterocycles. The molecule has 3 rings (SSSR count). The fourth-order valence-corrected chi connectivity index (χ4v) is 4.08. The third kappa shape index (κ3) is 1.88. The van der Waals surface area contributed by atoms with E-state index in [0.29, 0.717) is 5.92 Å². The molecule has 0 spiro atoms. The normalized spacial score (nSPS) is 29.3. The van der Waals surface area contributed by atoms with Crippen LogP contribution in [0.15, 0.2) is 0 Å². The number of fused-ring (bicyclic) bond motifs is 1. The van der Waals surface area contributed by atoms with Gasteiger partial charge in [0.2, 0.25) is 0 Å². The van der Waals surface area contributed by atoms with Gasteiger partial charge in [0.05, 0.1) is 0 Å². The zero-order chi connectivity index (χ0) is 11.0. The molecular formula is C12H19N3S. The molecule has 2 atom stereocenters. The Hall–Kier alpha value is -0.510. The van der Waals surface area contributed by atoms with Crippen LogP contribution in [0.5, 0.6) is 0 Å². The van der Waals surface area contributed by atoms with Crippen molar-refractivity contribution in [3.05, 3.63) is 11.6 Å². The molecular weight excluding hydrogens is 218 g/mol. The van der Waals surface area contributed by atoms with Crippen LogP contribution in [0.1, 0.15) is 43.8 Å². The summed E-state index contributed by atoms with van der Waals surface area (Å²) < 4.78 is 2.39. The molecule has 1 aromatic rings. The summed E-state index contributed by atoms with van der Waals surface area (Å²) in [5.74, 6) is 6.57. The van der Waals surface area contributed by atoms with Gasteiger partial charge >= 0.3 is 0 Å². The second kappa shape index (κ2) is 4.40. The Balaban J connectivity index is 1.79. The minimum Gasteiger partial charge on any atom is -0.315 e. The Bertz CT molecular complexity index is 368. The third-order valence-corrected chi connectivity index (χ3v) is 5.04.